The normalized spacial score (nSPS) is 14.4. The van der Waals surface area contributed by atoms with Crippen molar-refractivity contribution in [1.82, 2.24) is 4.98 Å². The van der Waals surface area contributed by atoms with Gasteiger partial charge in [0, 0.05) is 23.4 Å². The van der Waals surface area contributed by atoms with Crippen molar-refractivity contribution in [3.05, 3.63) is 41.6 Å². The van der Waals surface area contributed by atoms with Crippen molar-refractivity contribution in [2.24, 2.45) is 0 Å². The molecule has 100 valence electrons. The second-order valence-corrected chi connectivity index (χ2v) is 4.14. The predicted molar refractivity (Wildman–Crippen MR) is 72.7 cm³/mol. The van der Waals surface area contributed by atoms with Gasteiger partial charge >= 0.3 is 5.97 Å². The number of allylic oxidation sites excluding steroid dienone is 3. The summed E-state index contributed by atoms with van der Waals surface area (Å²) in [6, 6.07) is 3.68. The van der Waals surface area contributed by atoms with E-state index in [1.807, 2.05) is 19.1 Å². The number of carbonyl (C=O) groups is 1. The maximum absolute atomic E-state index is 11.9. The molecular weight excluding hydrogens is 242 g/mol. The lowest BCUT2D eigenvalue weighted by atomic mass is 9.93. The third-order valence-corrected chi connectivity index (χ3v) is 2.95. The van der Waals surface area contributed by atoms with E-state index < -0.39 is 0 Å². The van der Waals surface area contributed by atoms with Crippen LogP contribution in [0, 0.1) is 0 Å². The van der Waals surface area contributed by atoms with Crippen LogP contribution in [0.15, 0.2) is 36.1 Å². The molecule has 1 heterocycles. The van der Waals surface area contributed by atoms with Crippen LogP contribution in [0.25, 0.3) is 5.57 Å². The average molecular weight is 259 g/mol. The first-order valence-corrected chi connectivity index (χ1v) is 6.33. The highest BCUT2D eigenvalue weighted by Gasteiger charge is 2.18. The molecule has 0 aromatic carbocycles. The molecule has 0 saturated heterocycles. The minimum absolute atomic E-state index is 0.238. The summed E-state index contributed by atoms with van der Waals surface area (Å²) in [6.07, 6.45) is 7.29. The third-order valence-electron chi connectivity index (χ3n) is 2.95. The fourth-order valence-electron chi connectivity index (χ4n) is 2.03. The Hall–Kier alpha value is -2.10. The molecule has 2 rings (SSSR count). The molecule has 0 N–H and O–H groups in total. The molecule has 1 aliphatic rings. The molecule has 0 spiro atoms. The van der Waals surface area contributed by atoms with Gasteiger partial charge in [-0.1, -0.05) is 12.2 Å². The number of rotatable bonds is 4. The number of methoxy groups -OCH3 is 1. The number of carbonyl (C=O) groups excluding carboxylic acids is 1. The summed E-state index contributed by atoms with van der Waals surface area (Å²) < 4.78 is 10.1. The lowest BCUT2D eigenvalue weighted by molar-refractivity contribution is -0.138. The van der Waals surface area contributed by atoms with Gasteiger partial charge in [0.2, 0.25) is 5.88 Å². The Balaban J connectivity index is 2.36. The highest BCUT2D eigenvalue weighted by atomic mass is 16.5. The van der Waals surface area contributed by atoms with Gasteiger partial charge in [-0.3, -0.25) is 0 Å². The lowest BCUT2D eigenvalue weighted by Gasteiger charge is -2.15. The van der Waals surface area contributed by atoms with Gasteiger partial charge in [-0.15, -0.1) is 0 Å². The maximum atomic E-state index is 11.9. The van der Waals surface area contributed by atoms with Crippen LogP contribution in [0.1, 0.15) is 25.3 Å². The second-order valence-electron chi connectivity index (χ2n) is 4.14. The van der Waals surface area contributed by atoms with Crippen molar-refractivity contribution in [1.29, 1.82) is 0 Å². The van der Waals surface area contributed by atoms with Crippen LogP contribution in [0.2, 0.25) is 0 Å². The van der Waals surface area contributed by atoms with E-state index in [9.17, 15) is 4.79 Å². The minimum Gasteiger partial charge on any atom is -0.481 e. The van der Waals surface area contributed by atoms with E-state index in [-0.39, 0.29) is 5.97 Å². The molecule has 19 heavy (non-hydrogen) atoms. The van der Waals surface area contributed by atoms with E-state index in [1.165, 1.54) is 0 Å². The molecule has 1 aromatic rings. The van der Waals surface area contributed by atoms with Gasteiger partial charge in [-0.25, -0.2) is 9.78 Å². The van der Waals surface area contributed by atoms with Gasteiger partial charge in [0.25, 0.3) is 0 Å². The summed E-state index contributed by atoms with van der Waals surface area (Å²) in [4.78, 5) is 16.1. The second kappa shape index (κ2) is 6.18. The first-order chi connectivity index (χ1) is 9.26. The first-order valence-electron chi connectivity index (χ1n) is 6.33. The van der Waals surface area contributed by atoms with Crippen LogP contribution in [0.5, 0.6) is 5.88 Å². The van der Waals surface area contributed by atoms with Gasteiger partial charge in [-0.05, 0) is 31.4 Å². The summed E-state index contributed by atoms with van der Waals surface area (Å²) >= 11 is 0. The maximum Gasteiger partial charge on any atom is 0.334 e. The Labute approximate surface area is 112 Å². The summed E-state index contributed by atoms with van der Waals surface area (Å²) in [5.74, 6) is 0.319. The van der Waals surface area contributed by atoms with Crippen LogP contribution < -0.4 is 4.74 Å². The zero-order valence-electron chi connectivity index (χ0n) is 11.2. The van der Waals surface area contributed by atoms with E-state index in [0.717, 1.165) is 23.1 Å². The average Bonchev–Trinajstić information content (AvgIpc) is 2.47. The molecule has 4 heteroatoms. The largest absolute Gasteiger partial charge is 0.481 e. The summed E-state index contributed by atoms with van der Waals surface area (Å²) in [5, 5.41) is 0. The fourth-order valence-corrected chi connectivity index (χ4v) is 2.03. The fraction of sp³-hybridized carbons (Fsp3) is 0.333. The number of nitrogens with zero attached hydrogens (tertiary/aromatic N) is 1. The van der Waals surface area contributed by atoms with Gasteiger partial charge in [-0.2, -0.15) is 0 Å². The number of hydrogen-bond acceptors (Lipinski definition) is 4. The number of aromatic nitrogens is 1. The quantitative estimate of drug-likeness (QED) is 0.780. The molecule has 0 fully saturated rings. The SMILES string of the molecule is CCOC(=O)C1=C(c2ccc(OC)nc2)C=CCC1. The van der Waals surface area contributed by atoms with Crippen LogP contribution in [-0.4, -0.2) is 24.7 Å². The smallest absolute Gasteiger partial charge is 0.334 e. The highest BCUT2D eigenvalue weighted by molar-refractivity contribution is 6.00. The molecule has 0 saturated carbocycles. The summed E-state index contributed by atoms with van der Waals surface area (Å²) in [5.41, 5.74) is 2.51. The topological polar surface area (TPSA) is 48.4 Å². The highest BCUT2D eigenvalue weighted by Crippen LogP contribution is 2.28. The van der Waals surface area contributed by atoms with Crippen LogP contribution in [-0.2, 0) is 9.53 Å². The van der Waals surface area contributed by atoms with Crippen molar-refractivity contribution < 1.29 is 14.3 Å². The molecule has 0 aliphatic heterocycles. The molecular formula is C15H17NO3. The summed E-state index contributed by atoms with van der Waals surface area (Å²) in [7, 11) is 1.58. The number of esters is 1. The van der Waals surface area contributed by atoms with Crippen molar-refractivity contribution in [2.45, 2.75) is 19.8 Å². The van der Waals surface area contributed by atoms with Gasteiger partial charge < -0.3 is 9.47 Å². The molecule has 0 unspecified atom stereocenters. The zero-order chi connectivity index (χ0) is 13.7. The monoisotopic (exact) mass is 259 g/mol. The predicted octanol–water partition coefficient (Wildman–Crippen LogP) is 2.76. The van der Waals surface area contributed by atoms with Crippen molar-refractivity contribution in [2.75, 3.05) is 13.7 Å². The number of ether oxygens (including phenoxy) is 2. The van der Waals surface area contributed by atoms with Gasteiger partial charge in [0.1, 0.15) is 0 Å². The third kappa shape index (κ3) is 3.02. The molecule has 0 radical (unpaired) electrons. The van der Waals surface area contributed by atoms with E-state index in [1.54, 1.807) is 19.4 Å². The Bertz CT molecular complexity index is 515. The molecule has 0 amide bonds. The van der Waals surface area contributed by atoms with Crippen LogP contribution in [0.3, 0.4) is 0 Å². The van der Waals surface area contributed by atoms with Crippen molar-refractivity contribution in [3.8, 4) is 5.88 Å². The summed E-state index contributed by atoms with van der Waals surface area (Å²) in [6.45, 7) is 2.20. The Morgan fingerprint density at radius 2 is 2.26 bits per heavy atom. The molecule has 0 atom stereocenters. The van der Waals surface area contributed by atoms with E-state index in [4.69, 9.17) is 9.47 Å². The Morgan fingerprint density at radius 3 is 2.89 bits per heavy atom. The van der Waals surface area contributed by atoms with E-state index in [2.05, 4.69) is 11.1 Å². The minimum atomic E-state index is -0.238. The number of pyridine rings is 1. The van der Waals surface area contributed by atoms with Crippen molar-refractivity contribution in [3.63, 3.8) is 0 Å². The first kappa shape index (κ1) is 13.3. The van der Waals surface area contributed by atoms with E-state index >= 15 is 0 Å². The molecule has 4 nitrogen and oxygen atoms in total. The standard InChI is InChI=1S/C15H17NO3/c1-3-19-15(17)13-7-5-4-6-12(13)11-8-9-14(18-2)16-10-11/h4,6,8-10H,3,5,7H2,1-2H3. The molecule has 1 aliphatic carbocycles. The molecule has 0 bridgehead atoms. The van der Waals surface area contributed by atoms with Gasteiger partial charge in [0.15, 0.2) is 0 Å². The number of hydrogen-bond donors (Lipinski definition) is 0. The Morgan fingerprint density at radius 1 is 1.42 bits per heavy atom. The van der Waals surface area contributed by atoms with Crippen LogP contribution in [0.4, 0.5) is 0 Å². The van der Waals surface area contributed by atoms with Crippen molar-refractivity contribution >= 4 is 11.5 Å². The zero-order valence-corrected chi connectivity index (χ0v) is 11.2. The van der Waals surface area contributed by atoms with E-state index in [0.29, 0.717) is 18.9 Å². The van der Waals surface area contributed by atoms with Crippen LogP contribution >= 0.6 is 0 Å². The van der Waals surface area contributed by atoms with Gasteiger partial charge in [0.05, 0.1) is 13.7 Å². The Kier molecular flexibility index (Phi) is 4.34. The lowest BCUT2D eigenvalue weighted by Crippen LogP contribution is -2.11. The molecule has 1 aromatic heterocycles.